The molecule has 2 rings (SSSR count). The number of amides is 1. The quantitative estimate of drug-likeness (QED) is 0.694. The SMILES string of the molecule is CC(C)(C)c1ccc(OCCCC(=O)NC2(CC(=O)O)CCOC2)cc1. The molecule has 1 aromatic carbocycles. The third-order valence-corrected chi connectivity index (χ3v) is 4.53. The molecule has 0 saturated carbocycles. The predicted octanol–water partition coefficient (Wildman–Crippen LogP) is 2.89. The highest BCUT2D eigenvalue weighted by atomic mass is 16.5. The highest BCUT2D eigenvalue weighted by Gasteiger charge is 2.38. The van der Waals surface area contributed by atoms with E-state index in [1.54, 1.807) is 0 Å². The van der Waals surface area contributed by atoms with Gasteiger partial charge in [-0.05, 0) is 36.0 Å². The number of hydrogen-bond donors (Lipinski definition) is 2. The summed E-state index contributed by atoms with van der Waals surface area (Å²) in [6, 6.07) is 7.99. The first-order valence-corrected chi connectivity index (χ1v) is 9.04. The van der Waals surface area contributed by atoms with Crippen molar-refractivity contribution in [2.75, 3.05) is 19.8 Å². The molecule has 6 nitrogen and oxygen atoms in total. The van der Waals surface area contributed by atoms with E-state index in [9.17, 15) is 9.59 Å². The minimum atomic E-state index is -0.933. The number of carboxylic acids is 1. The van der Waals surface area contributed by atoms with Crippen molar-refractivity contribution in [1.29, 1.82) is 0 Å². The van der Waals surface area contributed by atoms with Gasteiger partial charge in [-0.1, -0.05) is 32.9 Å². The van der Waals surface area contributed by atoms with Crippen LogP contribution in [-0.2, 0) is 19.7 Å². The Morgan fingerprint density at radius 3 is 2.50 bits per heavy atom. The van der Waals surface area contributed by atoms with Gasteiger partial charge < -0.3 is 19.9 Å². The minimum Gasteiger partial charge on any atom is -0.494 e. The van der Waals surface area contributed by atoms with Crippen molar-refractivity contribution >= 4 is 11.9 Å². The fourth-order valence-corrected chi connectivity index (χ4v) is 3.01. The molecule has 6 heteroatoms. The molecule has 0 bridgehead atoms. The number of benzene rings is 1. The molecule has 1 aliphatic heterocycles. The number of hydrogen-bond acceptors (Lipinski definition) is 4. The van der Waals surface area contributed by atoms with Crippen molar-refractivity contribution in [3.05, 3.63) is 29.8 Å². The van der Waals surface area contributed by atoms with Crippen LogP contribution in [0.2, 0.25) is 0 Å². The highest BCUT2D eigenvalue weighted by molar-refractivity contribution is 5.78. The third-order valence-electron chi connectivity index (χ3n) is 4.53. The van der Waals surface area contributed by atoms with Gasteiger partial charge in [0.2, 0.25) is 5.91 Å². The Morgan fingerprint density at radius 2 is 1.96 bits per heavy atom. The predicted molar refractivity (Wildman–Crippen MR) is 98.4 cm³/mol. The zero-order valence-electron chi connectivity index (χ0n) is 15.8. The molecule has 0 aromatic heterocycles. The summed E-state index contributed by atoms with van der Waals surface area (Å²) in [5.41, 5.74) is 0.575. The first-order chi connectivity index (χ1) is 12.2. The van der Waals surface area contributed by atoms with Crippen molar-refractivity contribution < 1.29 is 24.2 Å². The van der Waals surface area contributed by atoms with Gasteiger partial charge in [0.1, 0.15) is 5.75 Å². The molecule has 1 amide bonds. The molecular formula is C20H29NO5. The topological polar surface area (TPSA) is 84.9 Å². The van der Waals surface area contributed by atoms with Crippen molar-refractivity contribution in [3.63, 3.8) is 0 Å². The van der Waals surface area contributed by atoms with E-state index in [-0.39, 0.29) is 24.3 Å². The number of rotatable bonds is 8. The van der Waals surface area contributed by atoms with Crippen LogP contribution in [0.25, 0.3) is 0 Å². The van der Waals surface area contributed by atoms with Gasteiger partial charge >= 0.3 is 5.97 Å². The normalized spacial score (nSPS) is 20.0. The van der Waals surface area contributed by atoms with Crippen molar-refractivity contribution in [2.24, 2.45) is 0 Å². The van der Waals surface area contributed by atoms with Gasteiger partial charge in [0.15, 0.2) is 0 Å². The van der Waals surface area contributed by atoms with Crippen LogP contribution in [0.3, 0.4) is 0 Å². The van der Waals surface area contributed by atoms with Gasteiger partial charge in [0, 0.05) is 13.0 Å². The Hall–Kier alpha value is -2.08. The molecule has 1 fully saturated rings. The molecule has 144 valence electrons. The second kappa shape index (κ2) is 8.54. The van der Waals surface area contributed by atoms with E-state index in [4.69, 9.17) is 14.6 Å². The molecule has 1 heterocycles. The van der Waals surface area contributed by atoms with Gasteiger partial charge in [0.25, 0.3) is 0 Å². The maximum atomic E-state index is 12.1. The minimum absolute atomic E-state index is 0.104. The van der Waals surface area contributed by atoms with E-state index >= 15 is 0 Å². The Kier molecular flexibility index (Phi) is 6.64. The first kappa shape index (κ1) is 20.2. The molecule has 1 atom stereocenters. The van der Waals surface area contributed by atoms with Crippen molar-refractivity contribution in [2.45, 2.75) is 57.4 Å². The summed E-state index contributed by atoms with van der Waals surface area (Å²) in [7, 11) is 0. The molecule has 1 aliphatic rings. The molecule has 26 heavy (non-hydrogen) atoms. The Balaban J connectivity index is 1.73. The van der Waals surface area contributed by atoms with E-state index < -0.39 is 11.5 Å². The number of carbonyl (C=O) groups is 2. The summed E-state index contributed by atoms with van der Waals surface area (Å²) in [4.78, 5) is 23.2. The number of aliphatic carboxylic acids is 1. The smallest absolute Gasteiger partial charge is 0.305 e. The lowest BCUT2D eigenvalue weighted by Gasteiger charge is -2.27. The highest BCUT2D eigenvalue weighted by Crippen LogP contribution is 2.25. The molecule has 0 radical (unpaired) electrons. The monoisotopic (exact) mass is 363 g/mol. The molecule has 1 aromatic rings. The fourth-order valence-electron chi connectivity index (χ4n) is 3.01. The van der Waals surface area contributed by atoms with Crippen LogP contribution in [0, 0.1) is 0 Å². The Morgan fingerprint density at radius 1 is 1.27 bits per heavy atom. The summed E-state index contributed by atoms with van der Waals surface area (Å²) in [6.45, 7) is 7.64. The summed E-state index contributed by atoms with van der Waals surface area (Å²) in [5, 5.41) is 11.9. The fraction of sp³-hybridized carbons (Fsp3) is 0.600. The van der Waals surface area contributed by atoms with Gasteiger partial charge in [-0.3, -0.25) is 9.59 Å². The van der Waals surface area contributed by atoms with Crippen LogP contribution in [0.1, 0.15) is 52.0 Å². The van der Waals surface area contributed by atoms with Gasteiger partial charge in [-0.15, -0.1) is 0 Å². The summed E-state index contributed by atoms with van der Waals surface area (Å²) < 4.78 is 11.0. The van der Waals surface area contributed by atoms with E-state index in [1.165, 1.54) is 5.56 Å². The largest absolute Gasteiger partial charge is 0.494 e. The maximum absolute atomic E-state index is 12.1. The number of carboxylic acid groups (broad SMARTS) is 1. The van der Waals surface area contributed by atoms with E-state index in [1.807, 2.05) is 12.1 Å². The number of ether oxygens (including phenoxy) is 2. The Labute approximate surface area is 154 Å². The number of carbonyl (C=O) groups excluding carboxylic acids is 1. The summed E-state index contributed by atoms with van der Waals surface area (Å²) in [5.74, 6) is -0.314. The van der Waals surface area contributed by atoms with Crippen LogP contribution in [-0.4, -0.2) is 42.3 Å². The zero-order valence-corrected chi connectivity index (χ0v) is 15.8. The van der Waals surface area contributed by atoms with Crippen molar-refractivity contribution in [3.8, 4) is 5.75 Å². The van der Waals surface area contributed by atoms with Gasteiger partial charge in [-0.2, -0.15) is 0 Å². The number of nitrogens with one attached hydrogen (secondary N) is 1. The van der Waals surface area contributed by atoms with Crippen LogP contribution < -0.4 is 10.1 Å². The molecule has 1 unspecified atom stereocenters. The van der Waals surface area contributed by atoms with Gasteiger partial charge in [-0.25, -0.2) is 0 Å². The molecule has 2 N–H and O–H groups in total. The lowest BCUT2D eigenvalue weighted by Crippen LogP contribution is -2.50. The molecule has 0 spiro atoms. The van der Waals surface area contributed by atoms with E-state index in [0.29, 0.717) is 32.5 Å². The molecular weight excluding hydrogens is 334 g/mol. The lowest BCUT2D eigenvalue weighted by atomic mass is 9.87. The van der Waals surface area contributed by atoms with Crippen molar-refractivity contribution in [1.82, 2.24) is 5.32 Å². The van der Waals surface area contributed by atoms with Crippen LogP contribution in [0.15, 0.2) is 24.3 Å². The average molecular weight is 363 g/mol. The van der Waals surface area contributed by atoms with E-state index in [2.05, 4.69) is 38.2 Å². The maximum Gasteiger partial charge on any atom is 0.305 e. The van der Waals surface area contributed by atoms with Crippen LogP contribution >= 0.6 is 0 Å². The zero-order chi connectivity index (χ0) is 19.2. The third kappa shape index (κ3) is 6.02. The standard InChI is InChI=1S/C20H29NO5/c1-19(2,3)15-6-8-16(9-7-15)26-11-4-5-17(22)21-20(13-18(23)24)10-12-25-14-20/h6-9H,4-5,10-14H2,1-3H3,(H,21,22)(H,23,24). The average Bonchev–Trinajstić information content (AvgIpc) is 2.98. The first-order valence-electron chi connectivity index (χ1n) is 9.04. The second-order valence-electron chi connectivity index (χ2n) is 7.93. The summed E-state index contributed by atoms with van der Waals surface area (Å²) in [6.07, 6.45) is 1.27. The van der Waals surface area contributed by atoms with Gasteiger partial charge in [0.05, 0.1) is 25.2 Å². The molecule has 0 aliphatic carbocycles. The van der Waals surface area contributed by atoms with E-state index in [0.717, 1.165) is 5.75 Å². The molecule has 1 saturated heterocycles. The summed E-state index contributed by atoms with van der Waals surface area (Å²) >= 11 is 0. The second-order valence-corrected chi connectivity index (χ2v) is 7.93. The van der Waals surface area contributed by atoms with Crippen LogP contribution in [0.4, 0.5) is 0 Å². The Bertz CT molecular complexity index is 612. The van der Waals surface area contributed by atoms with Crippen LogP contribution in [0.5, 0.6) is 5.75 Å². The lowest BCUT2D eigenvalue weighted by molar-refractivity contribution is -0.139.